The Morgan fingerprint density at radius 1 is 1.32 bits per heavy atom. The zero-order valence-electron chi connectivity index (χ0n) is 12.4. The Morgan fingerprint density at radius 2 is 2.00 bits per heavy atom. The highest BCUT2D eigenvalue weighted by molar-refractivity contribution is 5.46. The second-order valence-electron chi connectivity index (χ2n) is 5.46. The summed E-state index contributed by atoms with van der Waals surface area (Å²) in [5.41, 5.74) is 2.37. The SMILES string of the molecule is CCN(CC)C1c2cccc(C(C)C)c2OCC1O. The summed E-state index contributed by atoms with van der Waals surface area (Å²) < 4.78 is 5.82. The summed E-state index contributed by atoms with van der Waals surface area (Å²) in [5, 5.41) is 10.3. The average molecular weight is 263 g/mol. The molecule has 1 aliphatic rings. The number of rotatable bonds is 4. The van der Waals surface area contributed by atoms with E-state index in [-0.39, 0.29) is 6.04 Å². The standard InChI is InChI=1S/C16H25NO2/c1-5-17(6-2)15-13-9-7-8-12(11(3)4)16(13)19-10-14(15)18/h7-9,11,14-15,18H,5-6,10H2,1-4H3. The van der Waals surface area contributed by atoms with Crippen LogP contribution in [-0.4, -0.2) is 35.8 Å². The summed E-state index contributed by atoms with van der Waals surface area (Å²) in [7, 11) is 0. The van der Waals surface area contributed by atoms with Crippen molar-refractivity contribution in [3.8, 4) is 5.75 Å². The maximum Gasteiger partial charge on any atom is 0.127 e. The van der Waals surface area contributed by atoms with Crippen LogP contribution in [0.5, 0.6) is 5.75 Å². The molecule has 0 aliphatic carbocycles. The van der Waals surface area contributed by atoms with E-state index in [1.807, 2.05) is 0 Å². The molecule has 3 nitrogen and oxygen atoms in total. The van der Waals surface area contributed by atoms with Crippen molar-refractivity contribution in [2.75, 3.05) is 19.7 Å². The molecule has 1 N–H and O–H groups in total. The Labute approximate surface area is 116 Å². The summed E-state index contributed by atoms with van der Waals surface area (Å²) in [6.45, 7) is 10.9. The van der Waals surface area contributed by atoms with Crippen LogP contribution in [0.1, 0.15) is 50.8 Å². The Hall–Kier alpha value is -1.06. The number of aliphatic hydroxyl groups is 1. The largest absolute Gasteiger partial charge is 0.490 e. The third-order valence-corrected chi connectivity index (χ3v) is 3.99. The van der Waals surface area contributed by atoms with Gasteiger partial charge in [-0.1, -0.05) is 45.9 Å². The second-order valence-corrected chi connectivity index (χ2v) is 5.46. The maximum atomic E-state index is 10.3. The van der Waals surface area contributed by atoms with E-state index in [2.05, 4.69) is 50.8 Å². The van der Waals surface area contributed by atoms with Crippen molar-refractivity contribution in [3.05, 3.63) is 29.3 Å². The zero-order valence-corrected chi connectivity index (χ0v) is 12.4. The Bertz CT molecular complexity index is 427. The lowest BCUT2D eigenvalue weighted by molar-refractivity contribution is 0.00315. The molecule has 1 heterocycles. The lowest BCUT2D eigenvalue weighted by atomic mass is 9.91. The summed E-state index contributed by atoms with van der Waals surface area (Å²) in [4.78, 5) is 2.30. The van der Waals surface area contributed by atoms with Gasteiger partial charge in [-0.2, -0.15) is 0 Å². The van der Waals surface area contributed by atoms with Crippen LogP contribution in [0.4, 0.5) is 0 Å². The zero-order chi connectivity index (χ0) is 14.0. The van der Waals surface area contributed by atoms with E-state index >= 15 is 0 Å². The Morgan fingerprint density at radius 3 is 2.58 bits per heavy atom. The first-order valence-corrected chi connectivity index (χ1v) is 7.27. The van der Waals surface area contributed by atoms with E-state index in [4.69, 9.17) is 4.74 Å². The summed E-state index contributed by atoms with van der Waals surface area (Å²) in [6.07, 6.45) is -0.449. The van der Waals surface area contributed by atoms with Crippen molar-refractivity contribution in [3.63, 3.8) is 0 Å². The highest BCUT2D eigenvalue weighted by Crippen LogP contribution is 2.40. The molecule has 2 atom stereocenters. The van der Waals surface area contributed by atoms with Crippen molar-refractivity contribution >= 4 is 0 Å². The van der Waals surface area contributed by atoms with E-state index in [9.17, 15) is 5.11 Å². The molecular weight excluding hydrogens is 238 g/mol. The maximum absolute atomic E-state index is 10.3. The van der Waals surface area contributed by atoms with E-state index in [0.717, 1.165) is 24.4 Å². The third kappa shape index (κ3) is 2.63. The predicted octanol–water partition coefficient (Wildman–Crippen LogP) is 2.95. The van der Waals surface area contributed by atoms with Crippen LogP contribution in [0.25, 0.3) is 0 Å². The van der Waals surface area contributed by atoms with Gasteiger partial charge in [-0.25, -0.2) is 0 Å². The third-order valence-electron chi connectivity index (χ3n) is 3.99. The molecule has 1 aliphatic heterocycles. The molecule has 2 rings (SSSR count). The van der Waals surface area contributed by atoms with Gasteiger partial charge in [0.15, 0.2) is 0 Å². The van der Waals surface area contributed by atoms with Crippen LogP contribution < -0.4 is 4.74 Å². The minimum atomic E-state index is -0.449. The summed E-state index contributed by atoms with van der Waals surface area (Å²) >= 11 is 0. The van der Waals surface area contributed by atoms with E-state index in [1.165, 1.54) is 5.56 Å². The fourth-order valence-electron chi connectivity index (χ4n) is 2.95. The molecule has 0 spiro atoms. The number of para-hydroxylation sites is 1. The van der Waals surface area contributed by atoms with Crippen molar-refractivity contribution in [2.24, 2.45) is 0 Å². The van der Waals surface area contributed by atoms with Gasteiger partial charge in [0, 0.05) is 5.56 Å². The number of benzene rings is 1. The number of ether oxygens (including phenoxy) is 1. The van der Waals surface area contributed by atoms with Gasteiger partial charge in [-0.3, -0.25) is 4.90 Å². The number of hydrogen-bond acceptors (Lipinski definition) is 3. The molecule has 19 heavy (non-hydrogen) atoms. The first kappa shape index (κ1) is 14.4. The normalized spacial score (nSPS) is 22.5. The lowest BCUT2D eigenvalue weighted by Gasteiger charge is -2.38. The van der Waals surface area contributed by atoms with Gasteiger partial charge in [-0.05, 0) is 24.6 Å². The molecule has 2 unspecified atom stereocenters. The second kappa shape index (κ2) is 5.93. The Balaban J connectivity index is 2.47. The van der Waals surface area contributed by atoms with Crippen molar-refractivity contribution < 1.29 is 9.84 Å². The van der Waals surface area contributed by atoms with Gasteiger partial charge in [0.05, 0.1) is 6.04 Å². The summed E-state index contributed by atoms with van der Waals surface area (Å²) in [6, 6.07) is 6.34. The summed E-state index contributed by atoms with van der Waals surface area (Å²) in [5.74, 6) is 1.42. The molecule has 1 aromatic rings. The van der Waals surface area contributed by atoms with Gasteiger partial charge in [0.25, 0.3) is 0 Å². The lowest BCUT2D eigenvalue weighted by Crippen LogP contribution is -2.42. The monoisotopic (exact) mass is 263 g/mol. The van der Waals surface area contributed by atoms with Gasteiger partial charge < -0.3 is 9.84 Å². The average Bonchev–Trinajstić information content (AvgIpc) is 2.41. The number of likely N-dealkylation sites (N-methyl/N-ethyl adjacent to an activating group) is 1. The molecule has 0 amide bonds. The van der Waals surface area contributed by atoms with Crippen molar-refractivity contribution in [1.29, 1.82) is 0 Å². The van der Waals surface area contributed by atoms with Crippen molar-refractivity contribution in [2.45, 2.75) is 45.8 Å². The van der Waals surface area contributed by atoms with Crippen LogP contribution in [0.2, 0.25) is 0 Å². The molecule has 0 radical (unpaired) electrons. The number of hydrogen-bond donors (Lipinski definition) is 1. The van der Waals surface area contributed by atoms with Crippen LogP contribution >= 0.6 is 0 Å². The van der Waals surface area contributed by atoms with Crippen LogP contribution in [-0.2, 0) is 0 Å². The molecule has 1 aromatic carbocycles. The van der Waals surface area contributed by atoms with E-state index in [1.54, 1.807) is 0 Å². The molecule has 0 bridgehead atoms. The molecule has 0 fully saturated rings. The van der Waals surface area contributed by atoms with E-state index < -0.39 is 6.10 Å². The van der Waals surface area contributed by atoms with Crippen LogP contribution in [0.3, 0.4) is 0 Å². The fraction of sp³-hybridized carbons (Fsp3) is 0.625. The van der Waals surface area contributed by atoms with Crippen LogP contribution in [0.15, 0.2) is 18.2 Å². The highest BCUT2D eigenvalue weighted by Gasteiger charge is 2.34. The van der Waals surface area contributed by atoms with Crippen molar-refractivity contribution in [1.82, 2.24) is 4.90 Å². The first-order valence-electron chi connectivity index (χ1n) is 7.27. The molecular formula is C16H25NO2. The van der Waals surface area contributed by atoms with E-state index in [0.29, 0.717) is 12.5 Å². The highest BCUT2D eigenvalue weighted by atomic mass is 16.5. The first-order chi connectivity index (χ1) is 9.10. The minimum Gasteiger partial charge on any atom is -0.490 e. The topological polar surface area (TPSA) is 32.7 Å². The van der Waals surface area contributed by atoms with Gasteiger partial charge in [0.2, 0.25) is 0 Å². The predicted molar refractivity (Wildman–Crippen MR) is 77.7 cm³/mol. The number of aliphatic hydroxyl groups excluding tert-OH is 1. The number of nitrogens with zero attached hydrogens (tertiary/aromatic N) is 1. The minimum absolute atomic E-state index is 0.0532. The molecule has 3 heteroatoms. The van der Waals surface area contributed by atoms with Gasteiger partial charge in [0.1, 0.15) is 18.5 Å². The quantitative estimate of drug-likeness (QED) is 0.906. The Kier molecular flexibility index (Phi) is 4.48. The molecule has 0 aromatic heterocycles. The molecule has 106 valence electrons. The fourth-order valence-corrected chi connectivity index (χ4v) is 2.95. The van der Waals surface area contributed by atoms with Gasteiger partial charge in [-0.15, -0.1) is 0 Å². The smallest absolute Gasteiger partial charge is 0.127 e. The van der Waals surface area contributed by atoms with Crippen LogP contribution in [0, 0.1) is 0 Å². The molecule has 0 saturated carbocycles. The molecule has 0 saturated heterocycles. The van der Waals surface area contributed by atoms with Gasteiger partial charge >= 0.3 is 0 Å². The number of fused-ring (bicyclic) bond motifs is 1.